The van der Waals surface area contributed by atoms with Gasteiger partial charge < -0.3 is 10.3 Å². The second-order valence-electron chi connectivity index (χ2n) is 0. The van der Waals surface area contributed by atoms with Gasteiger partial charge in [-0.05, 0) is 10.2 Å². The van der Waals surface area contributed by atoms with Gasteiger partial charge in [0.15, 0.2) is 0 Å². The van der Waals surface area contributed by atoms with Crippen molar-refractivity contribution in [1.29, 1.82) is 0 Å². The highest BCUT2D eigenvalue weighted by Crippen LogP contribution is 0.960. The summed E-state index contributed by atoms with van der Waals surface area (Å²) in [7, 11) is 1.61. The molecular weight excluding hydrogens is 100 g/mol. The summed E-state index contributed by atoms with van der Waals surface area (Å²) < 4.78 is 0. The van der Waals surface area contributed by atoms with Gasteiger partial charge in [0.25, 0.3) is 0 Å². The van der Waals surface area contributed by atoms with E-state index >= 15 is 0 Å². The lowest BCUT2D eigenvalue weighted by molar-refractivity contribution is 0.629. The first-order valence-electron chi connectivity index (χ1n) is 1.45. The van der Waals surface area contributed by atoms with E-state index in [-0.39, 0.29) is 5.48 Å². The van der Waals surface area contributed by atoms with E-state index in [1.165, 1.54) is 10.2 Å². The fourth-order valence-corrected chi connectivity index (χ4v) is 0. The Morgan fingerprint density at radius 3 is 1.20 bits per heavy atom. The van der Waals surface area contributed by atoms with E-state index in [1.54, 1.807) is 0 Å². The van der Waals surface area contributed by atoms with Crippen molar-refractivity contribution in [2.24, 2.45) is 0 Å². The summed E-state index contributed by atoms with van der Waals surface area (Å²) in [6, 6.07) is 0. The monoisotopic (exact) mass is 112 g/mol. The van der Waals surface area contributed by atoms with E-state index < -0.39 is 0 Å². The highest BCUT2D eigenvalue weighted by Gasteiger charge is 0.962. The summed E-state index contributed by atoms with van der Waals surface area (Å²) in [4.78, 5) is 7.14. The van der Waals surface area contributed by atoms with Crippen molar-refractivity contribution >= 4 is 20.7 Å². The van der Waals surface area contributed by atoms with Crippen molar-refractivity contribution in [2.75, 3.05) is 0 Å². The molecule has 0 aliphatic carbocycles. The zero-order valence-corrected chi connectivity index (χ0v) is 7.95. The zero-order chi connectivity index (χ0) is 4.00. The van der Waals surface area contributed by atoms with Gasteiger partial charge in [-0.25, -0.2) is 0 Å². The zero-order valence-electron chi connectivity index (χ0n) is 3.95. The van der Waals surface area contributed by atoms with Crippen LogP contribution in [-0.2, 0) is 0 Å². The lowest BCUT2D eigenvalue weighted by Gasteiger charge is -1.19. The van der Waals surface area contributed by atoms with Gasteiger partial charge in [0, 0.05) is 0 Å². The number of hydrogen-bond donors (Lipinski definition) is 1. The Hall–Kier alpha value is 0.354. The maximum absolute atomic E-state index is 7.14. The second-order valence-corrected chi connectivity index (χ2v) is 0. The van der Waals surface area contributed by atoms with Crippen LogP contribution >= 0.6 is 0 Å². The first-order valence-corrected chi connectivity index (χ1v) is 4.34. The van der Waals surface area contributed by atoms with E-state index in [1.807, 2.05) is 0 Å². The standard InChI is InChI=1S/CH6Si.H4OSi.H2O/c2*1-2;/h1-2H3;1H,2H3;1H2. The van der Waals surface area contributed by atoms with Gasteiger partial charge in [0.1, 0.15) is 10.5 Å². The molecule has 0 saturated carbocycles. The molecule has 0 radical (unpaired) electrons. The minimum absolute atomic E-state index is 0. The molecule has 0 aliphatic rings. The van der Waals surface area contributed by atoms with E-state index in [0.717, 1.165) is 0 Å². The predicted octanol–water partition coefficient (Wildman–Crippen LogP) is -3.17. The van der Waals surface area contributed by atoms with Crippen LogP contribution in [-0.4, -0.2) is 31.0 Å². The van der Waals surface area contributed by atoms with E-state index in [9.17, 15) is 0 Å². The maximum Gasteiger partial charge on any atom is 0.141 e. The molecule has 0 fully saturated rings. The lowest BCUT2D eigenvalue weighted by atomic mass is 11.9. The summed E-state index contributed by atoms with van der Waals surface area (Å²) in [5.41, 5.74) is 0. The SMILES string of the molecule is C[SiH3].O.O[SiH3]. The van der Waals surface area contributed by atoms with Crippen LogP contribution in [0.5, 0.6) is 0 Å². The molecule has 0 aromatic carbocycles. The Morgan fingerprint density at radius 1 is 1.20 bits per heavy atom. The highest BCUT2D eigenvalue weighted by molar-refractivity contribution is 6.05. The molecule has 0 unspecified atom stereocenters. The minimum Gasteiger partial charge on any atom is -0.442 e. The van der Waals surface area contributed by atoms with Gasteiger partial charge in [0.2, 0.25) is 0 Å². The molecule has 2 nitrogen and oxygen atoms in total. The fourth-order valence-electron chi connectivity index (χ4n) is 0. The van der Waals surface area contributed by atoms with Crippen LogP contribution in [0.25, 0.3) is 0 Å². The molecule has 0 aliphatic heterocycles. The van der Waals surface area contributed by atoms with Crippen molar-refractivity contribution in [3.63, 3.8) is 0 Å². The van der Waals surface area contributed by atoms with E-state index in [2.05, 4.69) is 6.55 Å². The van der Waals surface area contributed by atoms with Gasteiger partial charge in [-0.3, -0.25) is 0 Å². The van der Waals surface area contributed by atoms with Crippen LogP contribution in [0.3, 0.4) is 0 Å². The number of rotatable bonds is 0. The molecule has 5 heavy (non-hydrogen) atoms. The van der Waals surface area contributed by atoms with Crippen LogP contribution in [0, 0.1) is 0 Å². The quantitative estimate of drug-likeness (QED) is 0.330. The normalized spacial score (nSPS) is 3.60. The smallest absolute Gasteiger partial charge is 0.141 e. The first-order chi connectivity index (χ1) is 2.00. The van der Waals surface area contributed by atoms with Crippen LogP contribution in [0.15, 0.2) is 0 Å². The number of hydrogen-bond acceptors (Lipinski definition) is 1. The largest absolute Gasteiger partial charge is 0.442 e. The van der Waals surface area contributed by atoms with Gasteiger partial charge in [-0.1, -0.05) is 6.55 Å². The molecule has 0 amide bonds. The molecular formula is CH12O2Si2. The Bertz CT molecular complexity index is 7.61. The molecule has 0 aromatic rings. The molecule has 0 saturated heterocycles. The lowest BCUT2D eigenvalue weighted by Crippen LogP contribution is -1.34. The van der Waals surface area contributed by atoms with Crippen molar-refractivity contribution < 1.29 is 10.3 Å². The molecule has 36 valence electrons. The van der Waals surface area contributed by atoms with Crippen LogP contribution < -0.4 is 0 Å². The molecule has 0 aromatic heterocycles. The van der Waals surface area contributed by atoms with Gasteiger partial charge >= 0.3 is 0 Å². The molecule has 0 spiro atoms. The summed E-state index contributed by atoms with van der Waals surface area (Å²) in [5.74, 6) is 0. The molecule has 0 bridgehead atoms. The predicted molar refractivity (Wildman–Crippen MR) is 31.6 cm³/mol. The second kappa shape index (κ2) is 391. The average Bonchev–Trinajstić information content (AvgIpc) is 1.50. The van der Waals surface area contributed by atoms with Gasteiger partial charge in [-0.2, -0.15) is 0 Å². The first kappa shape index (κ1) is 18.3. The van der Waals surface area contributed by atoms with Crippen molar-refractivity contribution in [3.8, 4) is 0 Å². The summed E-state index contributed by atoms with van der Waals surface area (Å²) in [6.07, 6.45) is 0. The van der Waals surface area contributed by atoms with Crippen molar-refractivity contribution in [3.05, 3.63) is 0 Å². The highest BCUT2D eigenvalue weighted by atomic mass is 28.2. The maximum atomic E-state index is 7.14. The van der Waals surface area contributed by atoms with E-state index in [4.69, 9.17) is 4.80 Å². The third kappa shape index (κ3) is 193. The molecule has 0 rings (SSSR count). The third-order valence-electron chi connectivity index (χ3n) is 0. The Kier molecular flexibility index (Phi) is 1430. The average molecular weight is 112 g/mol. The topological polar surface area (TPSA) is 51.7 Å². The summed E-state index contributed by atoms with van der Waals surface area (Å²) >= 11 is 0. The van der Waals surface area contributed by atoms with Gasteiger partial charge in [0.05, 0.1) is 0 Å². The minimum atomic E-state index is 0. The Balaban J connectivity index is -0.0000000133. The Morgan fingerprint density at radius 2 is 1.20 bits per heavy atom. The Labute approximate surface area is 38.5 Å². The fraction of sp³-hybridized carbons (Fsp3) is 1.00. The summed E-state index contributed by atoms with van der Waals surface area (Å²) in [5, 5.41) is 0. The molecule has 0 heterocycles. The van der Waals surface area contributed by atoms with Crippen LogP contribution in [0.2, 0.25) is 6.55 Å². The van der Waals surface area contributed by atoms with Crippen molar-refractivity contribution in [2.45, 2.75) is 6.55 Å². The third-order valence-corrected chi connectivity index (χ3v) is 0. The van der Waals surface area contributed by atoms with Gasteiger partial charge in [-0.15, -0.1) is 0 Å². The van der Waals surface area contributed by atoms with Crippen LogP contribution in [0.1, 0.15) is 0 Å². The molecule has 3 N–H and O–H groups in total. The molecule has 0 atom stereocenters. The van der Waals surface area contributed by atoms with E-state index in [0.29, 0.717) is 10.5 Å². The summed E-state index contributed by atoms with van der Waals surface area (Å²) in [6.45, 7) is 2.14. The molecule has 4 heteroatoms. The van der Waals surface area contributed by atoms with Crippen molar-refractivity contribution in [1.82, 2.24) is 0 Å². The van der Waals surface area contributed by atoms with Crippen LogP contribution in [0.4, 0.5) is 0 Å².